The molecule has 3 heterocycles. The smallest absolute Gasteiger partial charge is 0.253 e. The molecule has 1 aromatic carbocycles. The van der Waals surface area contributed by atoms with Crippen molar-refractivity contribution in [1.29, 1.82) is 0 Å². The summed E-state index contributed by atoms with van der Waals surface area (Å²) in [6.07, 6.45) is 4.54. The molecule has 2 aliphatic heterocycles. The van der Waals surface area contributed by atoms with E-state index in [1.807, 2.05) is 36.1 Å². The molecule has 2 aromatic rings. The van der Waals surface area contributed by atoms with Gasteiger partial charge in [-0.1, -0.05) is 5.16 Å². The van der Waals surface area contributed by atoms with Crippen LogP contribution in [0.3, 0.4) is 0 Å². The zero-order valence-electron chi connectivity index (χ0n) is 16.5. The van der Waals surface area contributed by atoms with Crippen molar-refractivity contribution >= 4 is 5.91 Å². The molecule has 1 amide bonds. The first kappa shape index (κ1) is 18.9. The molecule has 4 rings (SSSR count). The highest BCUT2D eigenvalue weighted by Crippen LogP contribution is 2.39. The Kier molecular flexibility index (Phi) is 5.35. The maximum atomic E-state index is 12.8. The van der Waals surface area contributed by atoms with Crippen LogP contribution in [0.1, 0.15) is 47.8 Å². The first-order valence-electron chi connectivity index (χ1n) is 9.93. The zero-order valence-corrected chi connectivity index (χ0v) is 16.5. The van der Waals surface area contributed by atoms with Gasteiger partial charge in [0.15, 0.2) is 5.82 Å². The highest BCUT2D eigenvalue weighted by atomic mass is 16.5. The molecule has 1 spiro atoms. The molecular weight excluding hydrogens is 358 g/mol. The molecule has 2 fully saturated rings. The van der Waals surface area contributed by atoms with Crippen molar-refractivity contribution in [2.45, 2.75) is 44.6 Å². The Balaban J connectivity index is 1.35. The largest absolute Gasteiger partial charge is 0.497 e. The topological polar surface area (TPSA) is 77.7 Å². The van der Waals surface area contributed by atoms with E-state index in [1.165, 1.54) is 0 Å². The molecule has 1 aromatic heterocycles. The van der Waals surface area contributed by atoms with Crippen LogP contribution >= 0.6 is 0 Å². The van der Waals surface area contributed by atoms with Gasteiger partial charge in [-0.2, -0.15) is 4.98 Å². The number of amides is 1. The molecule has 150 valence electrons. The molecular formula is C21H27N3O4. The van der Waals surface area contributed by atoms with Crippen molar-refractivity contribution in [1.82, 2.24) is 15.0 Å². The third kappa shape index (κ3) is 4.04. The summed E-state index contributed by atoms with van der Waals surface area (Å²) in [6.45, 7) is 4.03. The van der Waals surface area contributed by atoms with E-state index in [4.69, 9.17) is 14.0 Å². The molecule has 7 heteroatoms. The fourth-order valence-electron chi connectivity index (χ4n) is 4.36. The molecule has 7 nitrogen and oxygen atoms in total. The summed E-state index contributed by atoms with van der Waals surface area (Å²) in [6, 6.07) is 7.30. The minimum absolute atomic E-state index is 0.0752. The summed E-state index contributed by atoms with van der Waals surface area (Å²) in [5, 5.41) is 3.89. The van der Waals surface area contributed by atoms with Gasteiger partial charge in [0.1, 0.15) is 5.75 Å². The number of aromatic nitrogens is 2. The number of carbonyl (C=O) groups excluding carboxylic acids is 1. The zero-order chi connectivity index (χ0) is 19.6. The van der Waals surface area contributed by atoms with E-state index in [0.717, 1.165) is 57.6 Å². The number of carbonyl (C=O) groups is 1. The van der Waals surface area contributed by atoms with Crippen LogP contribution in [0.5, 0.6) is 5.75 Å². The van der Waals surface area contributed by atoms with Crippen LogP contribution in [-0.4, -0.2) is 53.4 Å². The molecule has 1 unspecified atom stereocenters. The van der Waals surface area contributed by atoms with Gasteiger partial charge in [0, 0.05) is 31.7 Å². The number of rotatable bonds is 4. The Bertz CT molecular complexity index is 809. The predicted octanol–water partition coefficient (Wildman–Crippen LogP) is 3.03. The third-order valence-corrected chi connectivity index (χ3v) is 5.93. The van der Waals surface area contributed by atoms with Crippen molar-refractivity contribution in [2.24, 2.45) is 5.92 Å². The van der Waals surface area contributed by atoms with E-state index in [1.54, 1.807) is 7.11 Å². The molecule has 28 heavy (non-hydrogen) atoms. The van der Waals surface area contributed by atoms with Gasteiger partial charge in [0.25, 0.3) is 5.91 Å². The fraction of sp³-hybridized carbons (Fsp3) is 0.571. The second kappa shape index (κ2) is 7.91. The summed E-state index contributed by atoms with van der Waals surface area (Å²) >= 11 is 0. The van der Waals surface area contributed by atoms with Crippen LogP contribution in [0.2, 0.25) is 0 Å². The van der Waals surface area contributed by atoms with Gasteiger partial charge < -0.3 is 18.9 Å². The van der Waals surface area contributed by atoms with E-state index in [0.29, 0.717) is 23.2 Å². The lowest BCUT2D eigenvalue weighted by Crippen LogP contribution is -2.51. The Morgan fingerprint density at radius 2 is 2.04 bits per heavy atom. The third-order valence-electron chi connectivity index (χ3n) is 5.93. The molecule has 0 aliphatic carbocycles. The number of benzene rings is 1. The lowest BCUT2D eigenvalue weighted by Gasteiger charge is -2.46. The summed E-state index contributed by atoms with van der Waals surface area (Å²) in [5.41, 5.74) is 0.570. The molecule has 0 saturated carbocycles. The molecule has 1 atom stereocenters. The minimum atomic E-state index is -0.130. The van der Waals surface area contributed by atoms with E-state index < -0.39 is 0 Å². The van der Waals surface area contributed by atoms with E-state index in [2.05, 4.69) is 10.1 Å². The second-order valence-electron chi connectivity index (χ2n) is 7.85. The number of hydrogen-bond acceptors (Lipinski definition) is 6. The number of methoxy groups -OCH3 is 1. The van der Waals surface area contributed by atoms with Crippen molar-refractivity contribution in [3.63, 3.8) is 0 Å². The SMILES string of the molecule is COc1ccc(C(=O)N2CCC3(CC2)CC(Cc2nc(C)no2)CCO3)cc1. The Hall–Kier alpha value is -2.41. The number of likely N-dealkylation sites (tertiary alicyclic amines) is 1. The number of ether oxygens (including phenoxy) is 2. The van der Waals surface area contributed by atoms with Gasteiger partial charge in [-0.15, -0.1) is 0 Å². The van der Waals surface area contributed by atoms with Gasteiger partial charge in [0.2, 0.25) is 5.89 Å². The number of aryl methyl sites for hydroxylation is 1. The van der Waals surface area contributed by atoms with E-state index in [-0.39, 0.29) is 11.5 Å². The summed E-state index contributed by atoms with van der Waals surface area (Å²) in [5.74, 6) is 2.71. The van der Waals surface area contributed by atoms with Crippen LogP contribution < -0.4 is 4.74 Å². The van der Waals surface area contributed by atoms with Crippen LogP contribution in [0.4, 0.5) is 0 Å². The molecule has 0 radical (unpaired) electrons. The fourth-order valence-corrected chi connectivity index (χ4v) is 4.36. The molecule has 2 aliphatic rings. The maximum Gasteiger partial charge on any atom is 0.253 e. The second-order valence-corrected chi connectivity index (χ2v) is 7.85. The van der Waals surface area contributed by atoms with Crippen molar-refractivity contribution in [2.75, 3.05) is 26.8 Å². The van der Waals surface area contributed by atoms with Gasteiger partial charge in [-0.25, -0.2) is 0 Å². The van der Waals surface area contributed by atoms with Gasteiger partial charge in [-0.05, 0) is 62.8 Å². The predicted molar refractivity (Wildman–Crippen MR) is 102 cm³/mol. The highest BCUT2D eigenvalue weighted by Gasteiger charge is 2.41. The molecule has 0 bridgehead atoms. The average molecular weight is 385 g/mol. The van der Waals surface area contributed by atoms with Crippen molar-refractivity contribution in [3.05, 3.63) is 41.5 Å². The standard InChI is InChI=1S/C21H27N3O4/c1-15-22-19(28-23-15)13-16-7-12-27-21(14-16)8-10-24(11-9-21)20(25)17-3-5-18(26-2)6-4-17/h3-6,16H,7-14H2,1-2H3. The number of hydrogen-bond donors (Lipinski definition) is 0. The molecule has 0 N–H and O–H groups in total. The average Bonchev–Trinajstić information content (AvgIpc) is 3.13. The Labute approximate surface area is 165 Å². The summed E-state index contributed by atoms with van der Waals surface area (Å²) in [4.78, 5) is 19.1. The van der Waals surface area contributed by atoms with Gasteiger partial charge in [-0.3, -0.25) is 4.79 Å². The van der Waals surface area contributed by atoms with Crippen LogP contribution in [-0.2, 0) is 11.2 Å². The summed E-state index contributed by atoms with van der Waals surface area (Å²) < 4.78 is 16.7. The number of piperidine rings is 1. The Morgan fingerprint density at radius 3 is 2.68 bits per heavy atom. The summed E-state index contributed by atoms with van der Waals surface area (Å²) in [7, 11) is 1.62. The highest BCUT2D eigenvalue weighted by molar-refractivity contribution is 5.94. The van der Waals surface area contributed by atoms with Crippen molar-refractivity contribution in [3.8, 4) is 5.75 Å². The quantitative estimate of drug-likeness (QED) is 0.805. The van der Waals surface area contributed by atoms with E-state index >= 15 is 0 Å². The Morgan fingerprint density at radius 1 is 1.29 bits per heavy atom. The minimum Gasteiger partial charge on any atom is -0.497 e. The van der Waals surface area contributed by atoms with Crippen LogP contribution in [0.15, 0.2) is 28.8 Å². The first-order chi connectivity index (χ1) is 13.6. The normalized spacial score (nSPS) is 21.6. The van der Waals surface area contributed by atoms with E-state index in [9.17, 15) is 4.79 Å². The van der Waals surface area contributed by atoms with Crippen LogP contribution in [0, 0.1) is 12.8 Å². The monoisotopic (exact) mass is 385 g/mol. The lowest BCUT2D eigenvalue weighted by molar-refractivity contribution is -0.124. The lowest BCUT2D eigenvalue weighted by atomic mass is 9.78. The van der Waals surface area contributed by atoms with Gasteiger partial charge in [0.05, 0.1) is 12.7 Å². The molecule has 2 saturated heterocycles. The first-order valence-corrected chi connectivity index (χ1v) is 9.93. The van der Waals surface area contributed by atoms with Crippen LogP contribution in [0.25, 0.3) is 0 Å². The maximum absolute atomic E-state index is 12.8. The van der Waals surface area contributed by atoms with Crippen molar-refractivity contribution < 1.29 is 18.8 Å². The van der Waals surface area contributed by atoms with Gasteiger partial charge >= 0.3 is 0 Å². The number of nitrogens with zero attached hydrogens (tertiary/aromatic N) is 3.